The van der Waals surface area contributed by atoms with Gasteiger partial charge in [0.1, 0.15) is 0 Å². The van der Waals surface area contributed by atoms with Gasteiger partial charge in [0.2, 0.25) is 0 Å². The molecule has 2 heterocycles. The number of hydrogen-bond acceptors (Lipinski definition) is 4. The van der Waals surface area contributed by atoms with Crippen LogP contribution in [0.25, 0.3) is 0 Å². The molecule has 0 amide bonds. The second-order valence-corrected chi connectivity index (χ2v) is 9.05. The molecule has 6 heteroatoms. The average Bonchev–Trinajstić information content (AvgIpc) is 3.44. The van der Waals surface area contributed by atoms with Crippen molar-refractivity contribution in [2.45, 2.75) is 57.3 Å². The summed E-state index contributed by atoms with van der Waals surface area (Å²) in [6, 6.07) is 4.49. The number of thiophene rings is 1. The molecule has 1 aliphatic carbocycles. The molecule has 1 aliphatic heterocycles. The maximum Gasteiger partial charge on any atom is 0.191 e. The Balaban J connectivity index is 1.44. The summed E-state index contributed by atoms with van der Waals surface area (Å²) in [6.07, 6.45) is 8.66. The monoisotopic (exact) mass is 407 g/mol. The molecule has 158 valence electrons. The Labute approximate surface area is 174 Å². The van der Waals surface area contributed by atoms with E-state index in [0.717, 1.165) is 64.9 Å². The van der Waals surface area contributed by atoms with E-state index in [9.17, 15) is 0 Å². The number of rotatable bonds is 10. The van der Waals surface area contributed by atoms with Crippen molar-refractivity contribution >= 4 is 17.3 Å². The van der Waals surface area contributed by atoms with E-state index in [1.54, 1.807) is 0 Å². The van der Waals surface area contributed by atoms with E-state index < -0.39 is 0 Å². The highest BCUT2D eigenvalue weighted by molar-refractivity contribution is 7.10. The lowest BCUT2D eigenvalue weighted by molar-refractivity contribution is 0.0888. The van der Waals surface area contributed by atoms with Crippen molar-refractivity contribution in [1.82, 2.24) is 10.6 Å². The largest absolute Gasteiger partial charge is 0.381 e. The van der Waals surface area contributed by atoms with E-state index in [2.05, 4.69) is 35.1 Å². The van der Waals surface area contributed by atoms with Gasteiger partial charge in [-0.15, -0.1) is 11.3 Å². The van der Waals surface area contributed by atoms with Gasteiger partial charge in [-0.25, -0.2) is 0 Å². The average molecular weight is 408 g/mol. The fraction of sp³-hybridized carbons (Fsp3) is 0.773. The van der Waals surface area contributed by atoms with Crippen LogP contribution in [0.2, 0.25) is 0 Å². The first-order valence-corrected chi connectivity index (χ1v) is 11.9. The zero-order valence-electron chi connectivity index (χ0n) is 17.4. The molecule has 0 spiro atoms. The Hall–Kier alpha value is -1.11. The van der Waals surface area contributed by atoms with E-state index in [1.165, 1.54) is 37.0 Å². The van der Waals surface area contributed by atoms with Gasteiger partial charge in [0.05, 0.1) is 19.8 Å². The van der Waals surface area contributed by atoms with Crippen LogP contribution >= 0.6 is 11.3 Å². The molecule has 1 atom stereocenters. The predicted molar refractivity (Wildman–Crippen MR) is 117 cm³/mol. The van der Waals surface area contributed by atoms with Gasteiger partial charge in [-0.05, 0) is 44.1 Å². The Morgan fingerprint density at radius 1 is 1.32 bits per heavy atom. The molecule has 2 aliphatic rings. The Kier molecular flexibility index (Phi) is 9.09. The Morgan fingerprint density at radius 3 is 2.93 bits per heavy atom. The highest BCUT2D eigenvalue weighted by atomic mass is 32.1. The molecule has 1 unspecified atom stereocenters. The van der Waals surface area contributed by atoms with E-state index in [4.69, 9.17) is 14.5 Å². The molecule has 2 N–H and O–H groups in total. The van der Waals surface area contributed by atoms with Gasteiger partial charge in [-0.3, -0.25) is 4.99 Å². The van der Waals surface area contributed by atoms with Crippen LogP contribution in [0.5, 0.6) is 0 Å². The number of nitrogens with zero attached hydrogens (tertiary/aromatic N) is 1. The zero-order chi connectivity index (χ0) is 19.5. The van der Waals surface area contributed by atoms with Gasteiger partial charge < -0.3 is 20.1 Å². The summed E-state index contributed by atoms with van der Waals surface area (Å²) >= 11 is 1.90. The smallest absolute Gasteiger partial charge is 0.191 e. The molecule has 5 nitrogen and oxygen atoms in total. The molecule has 1 saturated heterocycles. The fourth-order valence-electron chi connectivity index (χ4n) is 4.21. The van der Waals surface area contributed by atoms with Crippen LogP contribution in [-0.4, -0.2) is 52.0 Å². The van der Waals surface area contributed by atoms with Crippen LogP contribution in [0.4, 0.5) is 0 Å². The van der Waals surface area contributed by atoms with Crippen molar-refractivity contribution in [3.63, 3.8) is 0 Å². The summed E-state index contributed by atoms with van der Waals surface area (Å²) in [5.74, 6) is 1.53. The summed E-state index contributed by atoms with van der Waals surface area (Å²) in [5, 5.41) is 9.10. The van der Waals surface area contributed by atoms with Crippen molar-refractivity contribution < 1.29 is 9.47 Å². The number of aliphatic imine (C=N–C) groups is 1. The normalized spacial score (nSPS) is 22.3. The maximum absolute atomic E-state index is 5.80. The van der Waals surface area contributed by atoms with Crippen molar-refractivity contribution in [3.05, 3.63) is 22.4 Å². The quantitative estimate of drug-likeness (QED) is 0.350. The van der Waals surface area contributed by atoms with Crippen molar-refractivity contribution in [1.29, 1.82) is 0 Å². The standard InChI is InChI=1S/C22H37N3O2S/c1-2-23-21(24-12-7-13-26-16-19-9-14-27-17-19)25-18-22(10-4-3-5-11-22)20-8-6-15-28-20/h6,8,15,19H,2-5,7,9-14,16-18H2,1H3,(H2,23,24,25). The lowest BCUT2D eigenvalue weighted by Gasteiger charge is -2.35. The second kappa shape index (κ2) is 11.8. The molecule has 1 aromatic rings. The molecular weight excluding hydrogens is 370 g/mol. The molecule has 0 radical (unpaired) electrons. The number of nitrogens with one attached hydrogen (secondary N) is 2. The molecule has 0 aromatic carbocycles. The van der Waals surface area contributed by atoms with Crippen LogP contribution in [-0.2, 0) is 14.9 Å². The zero-order valence-corrected chi connectivity index (χ0v) is 18.2. The van der Waals surface area contributed by atoms with Gasteiger partial charge in [-0.1, -0.05) is 25.3 Å². The van der Waals surface area contributed by atoms with Gasteiger partial charge in [0.15, 0.2) is 5.96 Å². The van der Waals surface area contributed by atoms with Crippen LogP contribution in [0, 0.1) is 5.92 Å². The Morgan fingerprint density at radius 2 is 2.21 bits per heavy atom. The van der Waals surface area contributed by atoms with Crippen molar-refractivity contribution in [2.75, 3.05) is 46.1 Å². The third-order valence-corrected chi connectivity index (χ3v) is 6.99. The summed E-state index contributed by atoms with van der Waals surface area (Å²) in [7, 11) is 0. The minimum Gasteiger partial charge on any atom is -0.381 e. The highest BCUT2D eigenvalue weighted by Gasteiger charge is 2.34. The number of hydrogen-bond donors (Lipinski definition) is 2. The summed E-state index contributed by atoms with van der Waals surface area (Å²) in [6.45, 7) is 8.15. The first kappa shape index (κ1) is 21.6. The van der Waals surface area contributed by atoms with Gasteiger partial charge >= 0.3 is 0 Å². The van der Waals surface area contributed by atoms with Crippen LogP contribution in [0.15, 0.2) is 22.5 Å². The molecule has 0 bridgehead atoms. The molecular formula is C22H37N3O2S. The maximum atomic E-state index is 5.80. The molecule has 1 saturated carbocycles. The molecule has 2 fully saturated rings. The summed E-state index contributed by atoms with van der Waals surface area (Å²) in [5.41, 5.74) is 0.237. The minimum absolute atomic E-state index is 0.237. The van der Waals surface area contributed by atoms with Crippen LogP contribution in [0.3, 0.4) is 0 Å². The highest BCUT2D eigenvalue weighted by Crippen LogP contribution is 2.41. The Bertz CT molecular complexity index is 564. The number of guanidine groups is 1. The van der Waals surface area contributed by atoms with Crippen LogP contribution in [0.1, 0.15) is 56.7 Å². The van der Waals surface area contributed by atoms with E-state index in [0.29, 0.717) is 5.92 Å². The minimum atomic E-state index is 0.237. The van der Waals surface area contributed by atoms with Gasteiger partial charge in [0.25, 0.3) is 0 Å². The molecule has 3 rings (SSSR count). The molecule has 28 heavy (non-hydrogen) atoms. The third kappa shape index (κ3) is 6.46. The van der Waals surface area contributed by atoms with Gasteiger partial charge in [-0.2, -0.15) is 0 Å². The van der Waals surface area contributed by atoms with E-state index in [1.807, 2.05) is 11.3 Å². The first-order chi connectivity index (χ1) is 13.8. The summed E-state index contributed by atoms with van der Waals surface area (Å²) in [4.78, 5) is 6.50. The molecule has 1 aromatic heterocycles. The summed E-state index contributed by atoms with van der Waals surface area (Å²) < 4.78 is 11.2. The number of ether oxygens (including phenoxy) is 2. The first-order valence-electron chi connectivity index (χ1n) is 11.0. The van der Waals surface area contributed by atoms with Crippen LogP contribution < -0.4 is 10.6 Å². The van der Waals surface area contributed by atoms with Crippen molar-refractivity contribution in [3.8, 4) is 0 Å². The van der Waals surface area contributed by atoms with E-state index in [-0.39, 0.29) is 5.41 Å². The van der Waals surface area contributed by atoms with Gasteiger partial charge in [0, 0.05) is 42.5 Å². The second-order valence-electron chi connectivity index (χ2n) is 8.10. The lowest BCUT2D eigenvalue weighted by Crippen LogP contribution is -2.40. The predicted octanol–water partition coefficient (Wildman–Crippen LogP) is 3.95. The van der Waals surface area contributed by atoms with E-state index >= 15 is 0 Å². The fourth-order valence-corrected chi connectivity index (χ4v) is 5.19. The SMILES string of the molecule is CCNC(=NCC1(c2cccs2)CCCCC1)NCCCOCC1CCOC1. The third-order valence-electron chi connectivity index (χ3n) is 5.87. The van der Waals surface area contributed by atoms with Crippen molar-refractivity contribution in [2.24, 2.45) is 10.9 Å². The lowest BCUT2D eigenvalue weighted by atomic mass is 9.73. The topological polar surface area (TPSA) is 54.9 Å².